The smallest absolute Gasteiger partial charge is 0.195 e. The lowest BCUT2D eigenvalue weighted by Gasteiger charge is -2.11. The lowest BCUT2D eigenvalue weighted by Crippen LogP contribution is -2.01. The van der Waals surface area contributed by atoms with Gasteiger partial charge in [0, 0.05) is 20.2 Å². The van der Waals surface area contributed by atoms with E-state index in [4.69, 9.17) is 0 Å². The van der Waals surface area contributed by atoms with Crippen LogP contribution in [0.3, 0.4) is 0 Å². The molecule has 0 aliphatic carbocycles. The molecule has 0 saturated carbocycles. The standard InChI is InChI=1S/C21H16OS/c1-13-6-5-7-14(2)20(13)15-10-11-19-17(12-15)21(22)16-8-3-4-9-18(16)23-19/h3-12H,1-2H3. The van der Waals surface area contributed by atoms with Crippen LogP contribution in [0.1, 0.15) is 11.1 Å². The maximum atomic E-state index is 12.8. The van der Waals surface area contributed by atoms with Crippen molar-refractivity contribution in [2.24, 2.45) is 0 Å². The molecule has 0 atom stereocenters. The molecule has 112 valence electrons. The minimum absolute atomic E-state index is 0.127. The lowest BCUT2D eigenvalue weighted by molar-refractivity contribution is 1.38. The number of benzene rings is 3. The second kappa shape index (κ2) is 5.32. The lowest BCUT2D eigenvalue weighted by atomic mass is 9.95. The van der Waals surface area contributed by atoms with Gasteiger partial charge in [-0.15, -0.1) is 11.3 Å². The third kappa shape index (κ3) is 2.27. The molecule has 23 heavy (non-hydrogen) atoms. The van der Waals surface area contributed by atoms with Gasteiger partial charge in [-0.25, -0.2) is 0 Å². The molecule has 1 heterocycles. The Morgan fingerprint density at radius 1 is 0.739 bits per heavy atom. The molecule has 4 aromatic rings. The Morgan fingerprint density at radius 3 is 2.22 bits per heavy atom. The van der Waals surface area contributed by atoms with Crippen LogP contribution >= 0.6 is 11.3 Å². The zero-order chi connectivity index (χ0) is 16.0. The zero-order valence-corrected chi connectivity index (χ0v) is 13.9. The van der Waals surface area contributed by atoms with Gasteiger partial charge in [0.1, 0.15) is 0 Å². The topological polar surface area (TPSA) is 17.1 Å². The minimum atomic E-state index is 0.127. The highest BCUT2D eigenvalue weighted by atomic mass is 32.1. The van der Waals surface area contributed by atoms with Gasteiger partial charge in [-0.1, -0.05) is 36.4 Å². The van der Waals surface area contributed by atoms with Crippen LogP contribution in [0.2, 0.25) is 0 Å². The highest BCUT2D eigenvalue weighted by Crippen LogP contribution is 2.31. The van der Waals surface area contributed by atoms with Crippen LogP contribution < -0.4 is 5.43 Å². The van der Waals surface area contributed by atoms with Gasteiger partial charge in [0.15, 0.2) is 5.43 Å². The summed E-state index contributed by atoms with van der Waals surface area (Å²) in [5, 5.41) is 1.62. The molecule has 0 N–H and O–H groups in total. The predicted octanol–water partition coefficient (Wildman–Crippen LogP) is 5.70. The first kappa shape index (κ1) is 14.2. The Balaban J connectivity index is 2.07. The molecule has 0 radical (unpaired) electrons. The molecule has 0 bridgehead atoms. The fourth-order valence-electron chi connectivity index (χ4n) is 3.23. The quantitative estimate of drug-likeness (QED) is 0.412. The Bertz CT molecular complexity index is 1090. The largest absolute Gasteiger partial charge is 0.289 e. The summed E-state index contributed by atoms with van der Waals surface area (Å²) in [6, 6.07) is 20.4. The molecule has 0 amide bonds. The van der Waals surface area contributed by atoms with Crippen molar-refractivity contribution in [2.45, 2.75) is 13.8 Å². The van der Waals surface area contributed by atoms with Crippen LogP contribution in [0, 0.1) is 13.8 Å². The van der Waals surface area contributed by atoms with Gasteiger partial charge < -0.3 is 0 Å². The Kier molecular flexibility index (Phi) is 3.28. The maximum absolute atomic E-state index is 12.8. The SMILES string of the molecule is Cc1cccc(C)c1-c1ccc2sc3ccccc3c(=O)c2c1. The average Bonchev–Trinajstić information content (AvgIpc) is 2.55. The molecule has 1 nitrogen and oxygen atoms in total. The first-order valence-corrected chi connectivity index (χ1v) is 8.49. The summed E-state index contributed by atoms with van der Waals surface area (Å²) < 4.78 is 2.09. The molecular formula is C21H16OS. The van der Waals surface area contributed by atoms with Gasteiger partial charge in [0.25, 0.3) is 0 Å². The number of hydrogen-bond donors (Lipinski definition) is 0. The molecule has 0 aliphatic rings. The molecule has 0 unspecified atom stereocenters. The predicted molar refractivity (Wildman–Crippen MR) is 101 cm³/mol. The van der Waals surface area contributed by atoms with E-state index in [0.29, 0.717) is 0 Å². The van der Waals surface area contributed by atoms with Crippen LogP contribution in [0.4, 0.5) is 0 Å². The Morgan fingerprint density at radius 2 is 1.43 bits per heavy atom. The van der Waals surface area contributed by atoms with Crippen LogP contribution in [0.25, 0.3) is 31.3 Å². The van der Waals surface area contributed by atoms with Gasteiger partial charge in [-0.2, -0.15) is 0 Å². The molecule has 4 rings (SSSR count). The Hall–Kier alpha value is -2.45. The van der Waals surface area contributed by atoms with Crippen molar-refractivity contribution >= 4 is 31.5 Å². The van der Waals surface area contributed by atoms with Crippen molar-refractivity contribution in [2.75, 3.05) is 0 Å². The third-order valence-corrected chi connectivity index (χ3v) is 5.50. The summed E-state index contributed by atoms with van der Waals surface area (Å²) in [4.78, 5) is 12.8. The minimum Gasteiger partial charge on any atom is -0.289 e. The van der Waals surface area contributed by atoms with E-state index in [0.717, 1.165) is 25.7 Å². The van der Waals surface area contributed by atoms with Crippen LogP contribution in [-0.4, -0.2) is 0 Å². The van der Waals surface area contributed by atoms with Crippen molar-refractivity contribution in [3.05, 3.63) is 82.0 Å². The van der Waals surface area contributed by atoms with E-state index < -0.39 is 0 Å². The van der Waals surface area contributed by atoms with Gasteiger partial charge in [-0.3, -0.25) is 4.79 Å². The van der Waals surface area contributed by atoms with E-state index in [2.05, 4.69) is 50.2 Å². The summed E-state index contributed by atoms with van der Waals surface area (Å²) in [7, 11) is 0. The second-order valence-electron chi connectivity index (χ2n) is 5.91. The van der Waals surface area contributed by atoms with Gasteiger partial charge >= 0.3 is 0 Å². The van der Waals surface area contributed by atoms with Crippen molar-refractivity contribution < 1.29 is 0 Å². The second-order valence-corrected chi connectivity index (χ2v) is 6.99. The van der Waals surface area contributed by atoms with Crippen LogP contribution in [0.15, 0.2) is 65.5 Å². The van der Waals surface area contributed by atoms with Gasteiger partial charge in [-0.05, 0) is 60.4 Å². The van der Waals surface area contributed by atoms with Gasteiger partial charge in [0.2, 0.25) is 0 Å². The zero-order valence-electron chi connectivity index (χ0n) is 13.1. The highest BCUT2D eigenvalue weighted by Gasteiger charge is 2.10. The molecule has 0 aliphatic heterocycles. The summed E-state index contributed by atoms with van der Waals surface area (Å²) in [5.74, 6) is 0. The number of aryl methyl sites for hydroxylation is 2. The maximum Gasteiger partial charge on any atom is 0.195 e. The van der Waals surface area contributed by atoms with E-state index in [1.807, 2.05) is 24.3 Å². The third-order valence-electron chi connectivity index (χ3n) is 4.35. The van der Waals surface area contributed by atoms with E-state index in [-0.39, 0.29) is 5.43 Å². The number of hydrogen-bond acceptors (Lipinski definition) is 2. The normalized spacial score (nSPS) is 11.2. The van der Waals surface area contributed by atoms with E-state index in [9.17, 15) is 4.79 Å². The summed E-state index contributed by atoms with van der Waals surface area (Å²) >= 11 is 1.68. The van der Waals surface area contributed by atoms with Crippen molar-refractivity contribution in [3.8, 4) is 11.1 Å². The molecule has 0 saturated heterocycles. The van der Waals surface area contributed by atoms with Crippen molar-refractivity contribution in [3.63, 3.8) is 0 Å². The molecule has 2 heteroatoms. The first-order chi connectivity index (χ1) is 11.1. The molecule has 0 fully saturated rings. The molecule has 0 spiro atoms. The van der Waals surface area contributed by atoms with Crippen LogP contribution in [0.5, 0.6) is 0 Å². The molecular weight excluding hydrogens is 300 g/mol. The summed E-state index contributed by atoms with van der Waals surface area (Å²) in [5.41, 5.74) is 4.95. The fraction of sp³-hybridized carbons (Fsp3) is 0.0952. The highest BCUT2D eigenvalue weighted by molar-refractivity contribution is 7.24. The molecule has 1 aromatic heterocycles. The monoisotopic (exact) mass is 316 g/mol. The Labute approximate surface area is 138 Å². The van der Waals surface area contributed by atoms with Crippen molar-refractivity contribution in [1.29, 1.82) is 0 Å². The number of rotatable bonds is 1. The van der Waals surface area contributed by atoms with E-state index >= 15 is 0 Å². The summed E-state index contributed by atoms with van der Waals surface area (Å²) in [6.45, 7) is 4.24. The van der Waals surface area contributed by atoms with E-state index in [1.54, 1.807) is 11.3 Å². The fourth-order valence-corrected chi connectivity index (χ4v) is 4.28. The number of fused-ring (bicyclic) bond motifs is 2. The molecule has 3 aromatic carbocycles. The van der Waals surface area contributed by atoms with Crippen LogP contribution in [-0.2, 0) is 0 Å². The van der Waals surface area contributed by atoms with E-state index in [1.165, 1.54) is 16.7 Å². The first-order valence-electron chi connectivity index (χ1n) is 7.67. The van der Waals surface area contributed by atoms with Gasteiger partial charge in [0.05, 0.1) is 0 Å². The van der Waals surface area contributed by atoms with Crippen molar-refractivity contribution in [1.82, 2.24) is 0 Å². The summed E-state index contributed by atoms with van der Waals surface area (Å²) in [6.07, 6.45) is 0. The average molecular weight is 316 g/mol.